The molecule has 0 saturated heterocycles. The van der Waals surface area contributed by atoms with E-state index in [1.807, 2.05) is 30.3 Å². The second-order valence-electron chi connectivity index (χ2n) is 9.85. The Morgan fingerprint density at radius 1 is 0.667 bits per heavy atom. The molecule has 0 saturated carbocycles. The van der Waals surface area contributed by atoms with Crippen LogP contribution in [-0.4, -0.2) is 35.8 Å². The fraction of sp³-hybridized carbons (Fsp3) is 0.100. The molecule has 15 heteroatoms. The van der Waals surface area contributed by atoms with Gasteiger partial charge in [0.1, 0.15) is 49.3 Å². The van der Waals surface area contributed by atoms with Crippen LogP contribution < -0.4 is 5.32 Å². The van der Waals surface area contributed by atoms with E-state index >= 15 is 0 Å². The van der Waals surface area contributed by atoms with Crippen LogP contribution in [0, 0.1) is 3.57 Å². The van der Waals surface area contributed by atoms with Crippen LogP contribution in [0.15, 0.2) is 94.4 Å². The number of allylic oxidation sites excluding steroid dienone is 1. The molecule has 14 nitrogen and oxygen atoms in total. The Hall–Kier alpha value is -5.58. The number of nitrogens with one attached hydrogen (secondary N) is 1. The Morgan fingerprint density at radius 3 is 2.00 bits per heavy atom. The SMILES string of the molecule is O=C1NC(Cc2ccc(I)cc2)c2nc(co2)-c2nc(co2)-c2nc(co2)C=CCc2nc(co2)-c2nc(co2)-c2nc1co2. The summed E-state index contributed by atoms with van der Waals surface area (Å²) in [5.74, 6) is 0.914. The largest absolute Gasteiger partial charge is 0.448 e. The van der Waals surface area contributed by atoms with E-state index in [4.69, 9.17) is 26.5 Å². The monoisotopic (exact) mass is 715 g/mol. The maximum absolute atomic E-state index is 13.4. The van der Waals surface area contributed by atoms with Crippen molar-refractivity contribution >= 4 is 34.6 Å². The van der Waals surface area contributed by atoms with Crippen molar-refractivity contribution in [1.82, 2.24) is 35.2 Å². The first kappa shape index (κ1) is 27.0. The van der Waals surface area contributed by atoms with Crippen molar-refractivity contribution in [3.8, 4) is 46.3 Å². The van der Waals surface area contributed by atoms with Gasteiger partial charge in [0.25, 0.3) is 5.91 Å². The highest BCUT2D eigenvalue weighted by Crippen LogP contribution is 2.28. The fourth-order valence-electron chi connectivity index (χ4n) is 4.57. The van der Waals surface area contributed by atoms with Gasteiger partial charge < -0.3 is 31.8 Å². The molecule has 0 spiro atoms. The average molecular weight is 715 g/mol. The number of oxazole rings is 6. The van der Waals surface area contributed by atoms with Crippen LogP contribution in [0.25, 0.3) is 52.4 Å². The summed E-state index contributed by atoms with van der Waals surface area (Å²) in [7, 11) is 0. The molecule has 45 heavy (non-hydrogen) atoms. The third-order valence-corrected chi connectivity index (χ3v) is 7.47. The molecule has 222 valence electrons. The van der Waals surface area contributed by atoms with Crippen molar-refractivity contribution in [2.75, 3.05) is 0 Å². The zero-order valence-electron chi connectivity index (χ0n) is 22.8. The van der Waals surface area contributed by atoms with Crippen molar-refractivity contribution in [2.45, 2.75) is 18.9 Å². The van der Waals surface area contributed by atoms with E-state index in [0.29, 0.717) is 41.5 Å². The van der Waals surface area contributed by atoms with Crippen LogP contribution in [0.1, 0.15) is 39.6 Å². The molecule has 8 rings (SSSR count). The zero-order valence-corrected chi connectivity index (χ0v) is 25.0. The number of halogens is 1. The van der Waals surface area contributed by atoms with Gasteiger partial charge in [-0.25, -0.2) is 29.9 Å². The van der Waals surface area contributed by atoms with Gasteiger partial charge in [0.2, 0.25) is 29.5 Å². The van der Waals surface area contributed by atoms with Crippen molar-refractivity contribution in [2.24, 2.45) is 0 Å². The van der Waals surface area contributed by atoms with Gasteiger partial charge in [-0.05, 0) is 46.4 Å². The van der Waals surface area contributed by atoms with Gasteiger partial charge in [-0.2, -0.15) is 0 Å². The highest BCUT2D eigenvalue weighted by molar-refractivity contribution is 14.1. The van der Waals surface area contributed by atoms with Crippen molar-refractivity contribution in [3.05, 3.63) is 100 Å². The maximum Gasteiger partial charge on any atom is 0.273 e. The molecule has 1 atom stereocenters. The molecule has 0 fully saturated rings. The number of carbonyl (C=O) groups is 1. The second kappa shape index (κ2) is 11.2. The molecule has 1 aromatic carbocycles. The van der Waals surface area contributed by atoms with E-state index in [0.717, 1.165) is 9.13 Å². The predicted octanol–water partition coefficient (Wildman–Crippen LogP) is 6.17. The number of benzene rings is 1. The molecule has 6 aromatic heterocycles. The van der Waals surface area contributed by atoms with Gasteiger partial charge in [0.15, 0.2) is 34.4 Å². The van der Waals surface area contributed by atoms with Gasteiger partial charge in [0, 0.05) is 16.4 Å². The predicted molar refractivity (Wildman–Crippen MR) is 161 cm³/mol. The molecular weight excluding hydrogens is 697 g/mol. The van der Waals surface area contributed by atoms with E-state index in [-0.39, 0.29) is 40.8 Å². The Morgan fingerprint density at radius 2 is 1.24 bits per heavy atom. The molecular formula is C30H18IN7O7. The summed E-state index contributed by atoms with van der Waals surface area (Å²) in [4.78, 5) is 40.1. The van der Waals surface area contributed by atoms with E-state index < -0.39 is 11.9 Å². The second-order valence-corrected chi connectivity index (χ2v) is 11.1. The minimum Gasteiger partial charge on any atom is -0.448 e. The van der Waals surface area contributed by atoms with Gasteiger partial charge in [-0.1, -0.05) is 18.2 Å². The molecule has 1 amide bonds. The number of fused-ring (bicyclic) bond motifs is 16. The highest BCUT2D eigenvalue weighted by Gasteiger charge is 2.26. The first-order valence-corrected chi connectivity index (χ1v) is 14.6. The van der Waals surface area contributed by atoms with Crippen LogP contribution in [0.4, 0.5) is 0 Å². The Bertz CT molecular complexity index is 2160. The first-order valence-electron chi connectivity index (χ1n) is 13.5. The molecule has 0 radical (unpaired) electrons. The number of carbonyl (C=O) groups excluding carboxylic acids is 1. The number of nitrogens with zero attached hydrogens (tertiary/aromatic N) is 6. The lowest BCUT2D eigenvalue weighted by Crippen LogP contribution is -2.30. The third-order valence-electron chi connectivity index (χ3n) is 6.75. The molecule has 1 aliphatic rings. The topological polar surface area (TPSA) is 185 Å². The number of amides is 1. The van der Waals surface area contributed by atoms with E-state index in [1.165, 1.54) is 37.6 Å². The van der Waals surface area contributed by atoms with Gasteiger partial charge in [0.05, 0.1) is 0 Å². The third kappa shape index (κ3) is 5.48. The molecule has 1 unspecified atom stereocenters. The van der Waals surface area contributed by atoms with Crippen LogP contribution in [0.5, 0.6) is 0 Å². The Kier molecular flexibility index (Phi) is 6.70. The van der Waals surface area contributed by atoms with Crippen LogP contribution in [0.2, 0.25) is 0 Å². The lowest BCUT2D eigenvalue weighted by molar-refractivity contribution is 0.0925. The normalized spacial score (nSPS) is 14.7. The smallest absolute Gasteiger partial charge is 0.273 e. The lowest BCUT2D eigenvalue weighted by Gasteiger charge is -2.15. The summed E-state index contributed by atoms with van der Waals surface area (Å²) in [6, 6.07) is 7.22. The van der Waals surface area contributed by atoms with Crippen molar-refractivity contribution < 1.29 is 31.3 Å². The maximum atomic E-state index is 13.4. The van der Waals surface area contributed by atoms with E-state index in [9.17, 15) is 4.79 Å². The summed E-state index contributed by atoms with van der Waals surface area (Å²) in [6.07, 6.45) is 12.7. The molecule has 7 aromatic rings. The minimum atomic E-state index is -0.674. The van der Waals surface area contributed by atoms with Crippen LogP contribution >= 0.6 is 22.6 Å². The van der Waals surface area contributed by atoms with Gasteiger partial charge in [-0.3, -0.25) is 4.79 Å². The molecule has 12 bridgehead atoms. The Labute approximate surface area is 265 Å². The molecule has 7 heterocycles. The first-order chi connectivity index (χ1) is 22.0. The quantitative estimate of drug-likeness (QED) is 0.201. The Balaban J connectivity index is 1.17. The average Bonchev–Trinajstić information content (AvgIpc) is 3.87. The molecule has 1 N–H and O–H groups in total. The number of hydrogen-bond donors (Lipinski definition) is 1. The molecule has 1 aliphatic heterocycles. The zero-order chi connectivity index (χ0) is 30.3. The fourth-order valence-corrected chi connectivity index (χ4v) is 4.93. The van der Waals surface area contributed by atoms with Crippen LogP contribution in [-0.2, 0) is 12.8 Å². The highest BCUT2D eigenvalue weighted by atomic mass is 127. The summed E-state index contributed by atoms with van der Waals surface area (Å²) >= 11 is 2.23. The lowest BCUT2D eigenvalue weighted by atomic mass is 10.1. The van der Waals surface area contributed by atoms with Crippen LogP contribution in [0.3, 0.4) is 0 Å². The number of hydrogen-bond acceptors (Lipinski definition) is 13. The summed E-state index contributed by atoms with van der Waals surface area (Å²) in [5, 5.41) is 2.95. The summed E-state index contributed by atoms with van der Waals surface area (Å²) < 4.78 is 34.9. The van der Waals surface area contributed by atoms with E-state index in [2.05, 4.69) is 57.8 Å². The molecule has 0 aliphatic carbocycles. The van der Waals surface area contributed by atoms with E-state index in [1.54, 1.807) is 6.08 Å². The standard InChI is InChI=1S/C30H18IN7O7/c31-16-6-4-15(5-7-16)8-18-26-36-23(13-43-26)30-37-21(12-45-30)27-32-17(9-41-27)2-1-3-24-33-20(11-40-24)28-38-22(14-44-28)29-35-19(10-42-29)25(39)34-18/h1-2,4-7,9-14,18H,3,8H2,(H,34,39). The van der Waals surface area contributed by atoms with Gasteiger partial charge in [-0.15, -0.1) is 0 Å². The van der Waals surface area contributed by atoms with Crippen molar-refractivity contribution in [1.29, 1.82) is 0 Å². The summed E-state index contributed by atoms with van der Waals surface area (Å²) in [5.41, 5.74) is 2.92. The minimum absolute atomic E-state index is 0.0292. The number of aromatic nitrogens is 6. The van der Waals surface area contributed by atoms with Gasteiger partial charge >= 0.3 is 0 Å². The summed E-state index contributed by atoms with van der Waals surface area (Å²) in [6.45, 7) is 0. The van der Waals surface area contributed by atoms with Crippen molar-refractivity contribution in [3.63, 3.8) is 0 Å². The number of rotatable bonds is 2.